The third-order valence-electron chi connectivity index (χ3n) is 11.9. The first kappa shape index (κ1) is 24.5. The van der Waals surface area contributed by atoms with Gasteiger partial charge in [-0.2, -0.15) is 0 Å². The van der Waals surface area contributed by atoms with Gasteiger partial charge in [0.2, 0.25) is 0 Å². The summed E-state index contributed by atoms with van der Waals surface area (Å²) in [6, 6.07) is 0. The van der Waals surface area contributed by atoms with E-state index in [2.05, 4.69) is 53.7 Å². The first-order chi connectivity index (χ1) is 14.9. The molecule has 3 saturated carbocycles. The molecule has 182 valence electrons. The van der Waals surface area contributed by atoms with Crippen LogP contribution in [0.4, 0.5) is 0 Å². The Kier molecular flexibility index (Phi) is 6.33. The van der Waals surface area contributed by atoms with Crippen molar-refractivity contribution >= 4 is 0 Å². The summed E-state index contributed by atoms with van der Waals surface area (Å²) >= 11 is 0. The van der Waals surface area contributed by atoms with Crippen molar-refractivity contribution in [1.29, 1.82) is 0 Å². The normalized spacial score (nSPS) is 46.7. The van der Waals surface area contributed by atoms with Crippen molar-refractivity contribution in [2.75, 3.05) is 6.61 Å². The van der Waals surface area contributed by atoms with Gasteiger partial charge in [-0.1, -0.05) is 64.8 Å². The lowest BCUT2D eigenvalue weighted by Gasteiger charge is -2.64. The lowest BCUT2D eigenvalue weighted by Crippen LogP contribution is -2.58. The number of allylic oxidation sites excluding steroid dienone is 3. The van der Waals surface area contributed by atoms with Crippen molar-refractivity contribution < 1.29 is 10.2 Å². The average molecular weight is 443 g/mol. The van der Waals surface area contributed by atoms with E-state index in [9.17, 15) is 10.2 Å². The molecule has 0 radical (unpaired) electrons. The van der Waals surface area contributed by atoms with Crippen molar-refractivity contribution in [2.45, 2.75) is 112 Å². The molecule has 0 heterocycles. The van der Waals surface area contributed by atoms with Crippen LogP contribution in [0.3, 0.4) is 0 Å². The molecule has 2 heteroatoms. The minimum Gasteiger partial charge on any atom is -0.393 e. The van der Waals surface area contributed by atoms with Gasteiger partial charge < -0.3 is 10.2 Å². The van der Waals surface area contributed by atoms with Gasteiger partial charge in [0.15, 0.2) is 0 Å². The monoisotopic (exact) mass is 442 g/mol. The van der Waals surface area contributed by atoms with Crippen LogP contribution in [0.5, 0.6) is 0 Å². The molecule has 2 N–H and O–H groups in total. The fourth-order valence-electron chi connectivity index (χ4n) is 9.51. The van der Waals surface area contributed by atoms with Gasteiger partial charge >= 0.3 is 0 Å². The van der Waals surface area contributed by atoms with Gasteiger partial charge in [-0.15, -0.1) is 0 Å². The fraction of sp³-hybridized carbons (Fsp3) is 0.867. The first-order valence-electron chi connectivity index (χ1n) is 13.6. The van der Waals surface area contributed by atoms with Crippen LogP contribution in [0, 0.1) is 45.3 Å². The van der Waals surface area contributed by atoms with E-state index in [0.29, 0.717) is 28.1 Å². The topological polar surface area (TPSA) is 40.5 Å². The third kappa shape index (κ3) is 3.41. The summed E-state index contributed by atoms with van der Waals surface area (Å²) in [4.78, 5) is 0. The highest BCUT2D eigenvalue weighted by atomic mass is 16.3. The highest BCUT2D eigenvalue weighted by molar-refractivity contribution is 5.33. The Labute approximate surface area is 198 Å². The molecule has 4 aliphatic carbocycles. The van der Waals surface area contributed by atoms with Crippen LogP contribution in [0.25, 0.3) is 0 Å². The van der Waals surface area contributed by atoms with E-state index in [1.807, 2.05) is 12.5 Å². The zero-order valence-corrected chi connectivity index (χ0v) is 22.0. The van der Waals surface area contributed by atoms with Crippen LogP contribution < -0.4 is 0 Å². The second kappa shape index (κ2) is 8.26. The minimum absolute atomic E-state index is 0.0175. The van der Waals surface area contributed by atoms with Crippen molar-refractivity contribution in [3.63, 3.8) is 0 Å². The molecule has 32 heavy (non-hydrogen) atoms. The standard InChI is InChI=1S/C30H50O2/c1-20(19-31)9-8-10-21(2)22-13-17-30(7)24-11-12-25-27(3,4)26(32)15-16-28(25,5)23(24)14-18-29(22,30)6/h9,11,21-23,25-26,31-32H,8,10,12-19H2,1-7H3/b20-9-/t21?,22?,23?,25?,26-,28+,29?,30+/m0/s1. The van der Waals surface area contributed by atoms with E-state index in [4.69, 9.17) is 0 Å². The molecule has 2 nitrogen and oxygen atoms in total. The Morgan fingerprint density at radius 3 is 2.50 bits per heavy atom. The van der Waals surface area contributed by atoms with Crippen LogP contribution in [0.15, 0.2) is 23.3 Å². The van der Waals surface area contributed by atoms with E-state index in [1.165, 1.54) is 38.5 Å². The lowest BCUT2D eigenvalue weighted by molar-refractivity contribution is -0.131. The Balaban J connectivity index is 1.59. The molecule has 0 spiro atoms. The van der Waals surface area contributed by atoms with E-state index < -0.39 is 0 Å². The molecule has 0 aromatic carbocycles. The number of fused-ring (bicyclic) bond motifs is 5. The number of hydrogen-bond donors (Lipinski definition) is 2. The summed E-state index contributed by atoms with van der Waals surface area (Å²) in [5, 5.41) is 20.1. The summed E-state index contributed by atoms with van der Waals surface area (Å²) in [6.07, 6.45) is 15.8. The molecule has 0 aliphatic heterocycles. The molecule has 4 aliphatic rings. The van der Waals surface area contributed by atoms with E-state index in [-0.39, 0.29) is 18.1 Å². The zero-order chi connectivity index (χ0) is 23.5. The maximum atomic E-state index is 10.8. The molecule has 0 bridgehead atoms. The summed E-state index contributed by atoms with van der Waals surface area (Å²) in [5.41, 5.74) is 4.01. The predicted octanol–water partition coefficient (Wildman–Crippen LogP) is 7.31. The van der Waals surface area contributed by atoms with Gasteiger partial charge in [0.05, 0.1) is 12.7 Å². The summed E-state index contributed by atoms with van der Waals surface area (Å²) in [6.45, 7) is 17.2. The Hall–Kier alpha value is -0.600. The van der Waals surface area contributed by atoms with Crippen LogP contribution in [0.1, 0.15) is 106 Å². The van der Waals surface area contributed by atoms with Gasteiger partial charge in [0.1, 0.15) is 0 Å². The predicted molar refractivity (Wildman–Crippen MR) is 134 cm³/mol. The molecule has 0 aromatic rings. The van der Waals surface area contributed by atoms with Crippen molar-refractivity contribution in [3.8, 4) is 0 Å². The number of aliphatic hydroxyl groups excluding tert-OH is 2. The SMILES string of the molecule is C/C(=C/CCC(C)C1CC[C@]2(C)C3=CCC4C(C)(C)[C@@H](O)CC[C@]4(C)C3CCC12C)CO. The minimum atomic E-state index is -0.153. The van der Waals surface area contributed by atoms with Gasteiger partial charge in [-0.25, -0.2) is 0 Å². The smallest absolute Gasteiger partial charge is 0.0639 e. The molecular formula is C30H50O2. The third-order valence-corrected chi connectivity index (χ3v) is 11.9. The molecule has 0 amide bonds. The molecule has 4 rings (SSSR count). The number of rotatable bonds is 5. The Morgan fingerprint density at radius 1 is 1.09 bits per heavy atom. The van der Waals surface area contributed by atoms with Crippen LogP contribution in [-0.4, -0.2) is 22.9 Å². The van der Waals surface area contributed by atoms with E-state index >= 15 is 0 Å². The second-order valence-corrected chi connectivity index (χ2v) is 13.6. The fourth-order valence-corrected chi connectivity index (χ4v) is 9.51. The van der Waals surface area contributed by atoms with E-state index in [0.717, 1.165) is 36.7 Å². The lowest BCUT2D eigenvalue weighted by atomic mass is 9.41. The average Bonchev–Trinajstić information content (AvgIpc) is 3.02. The molecule has 3 fully saturated rings. The molecule has 0 aromatic heterocycles. The molecule has 5 unspecified atom stereocenters. The Morgan fingerprint density at radius 2 is 1.81 bits per heavy atom. The van der Waals surface area contributed by atoms with E-state index in [1.54, 1.807) is 0 Å². The van der Waals surface area contributed by atoms with Crippen molar-refractivity contribution in [1.82, 2.24) is 0 Å². The first-order valence-corrected chi connectivity index (χ1v) is 13.6. The van der Waals surface area contributed by atoms with Gasteiger partial charge in [0, 0.05) is 0 Å². The maximum absolute atomic E-state index is 10.8. The second-order valence-electron chi connectivity index (χ2n) is 13.6. The number of hydrogen-bond acceptors (Lipinski definition) is 2. The quantitative estimate of drug-likeness (QED) is 0.438. The van der Waals surface area contributed by atoms with Gasteiger partial charge in [0.25, 0.3) is 0 Å². The van der Waals surface area contributed by atoms with Crippen molar-refractivity contribution in [3.05, 3.63) is 23.3 Å². The maximum Gasteiger partial charge on any atom is 0.0639 e. The molecule has 8 atom stereocenters. The summed E-state index contributed by atoms with van der Waals surface area (Å²) in [7, 11) is 0. The van der Waals surface area contributed by atoms with Gasteiger partial charge in [-0.05, 0) is 110 Å². The summed E-state index contributed by atoms with van der Waals surface area (Å²) in [5.74, 6) is 2.83. The van der Waals surface area contributed by atoms with Crippen LogP contribution in [-0.2, 0) is 0 Å². The van der Waals surface area contributed by atoms with Gasteiger partial charge in [-0.3, -0.25) is 0 Å². The van der Waals surface area contributed by atoms with Crippen molar-refractivity contribution in [2.24, 2.45) is 45.3 Å². The van der Waals surface area contributed by atoms with Crippen LogP contribution >= 0.6 is 0 Å². The highest BCUT2D eigenvalue weighted by Gasteiger charge is 2.65. The Bertz CT molecular complexity index is 778. The molecular weight excluding hydrogens is 392 g/mol. The largest absolute Gasteiger partial charge is 0.393 e. The number of aliphatic hydroxyl groups is 2. The molecule has 0 saturated heterocycles. The summed E-state index contributed by atoms with van der Waals surface area (Å²) < 4.78 is 0. The highest BCUT2D eigenvalue weighted by Crippen LogP contribution is 2.73. The van der Waals surface area contributed by atoms with Crippen LogP contribution in [0.2, 0.25) is 0 Å². The zero-order valence-electron chi connectivity index (χ0n) is 22.0.